The minimum atomic E-state index is -0.160. The summed E-state index contributed by atoms with van der Waals surface area (Å²) in [6, 6.07) is 9.02. The molecule has 3 heteroatoms. The van der Waals surface area contributed by atoms with Gasteiger partial charge in [-0.1, -0.05) is 18.2 Å². The van der Waals surface area contributed by atoms with E-state index in [1.165, 1.54) is 6.07 Å². The van der Waals surface area contributed by atoms with Crippen LogP contribution in [0.4, 0.5) is 4.39 Å². The third kappa shape index (κ3) is 4.09. The smallest absolute Gasteiger partial charge is 0.126 e. The van der Waals surface area contributed by atoms with Gasteiger partial charge in [0, 0.05) is 6.04 Å². The van der Waals surface area contributed by atoms with E-state index in [0.717, 1.165) is 0 Å². The van der Waals surface area contributed by atoms with Crippen LogP contribution in [0.1, 0.15) is 18.9 Å². The Bertz CT molecular complexity index is 344. The van der Waals surface area contributed by atoms with Gasteiger partial charge >= 0.3 is 0 Å². The van der Waals surface area contributed by atoms with Crippen molar-refractivity contribution >= 4 is 0 Å². The Morgan fingerprint density at radius 2 is 2.20 bits per heavy atom. The van der Waals surface area contributed by atoms with E-state index in [4.69, 9.17) is 5.26 Å². The first-order valence-corrected chi connectivity index (χ1v) is 5.07. The number of nitrogens with zero attached hydrogens (tertiary/aromatic N) is 1. The van der Waals surface area contributed by atoms with Crippen LogP contribution in [0.5, 0.6) is 0 Å². The Balaban J connectivity index is 2.32. The molecule has 1 rings (SSSR count). The van der Waals surface area contributed by atoms with Gasteiger partial charge < -0.3 is 5.32 Å². The van der Waals surface area contributed by atoms with Crippen molar-refractivity contribution in [3.8, 4) is 6.07 Å². The number of nitrogens with one attached hydrogen (secondary N) is 1. The topological polar surface area (TPSA) is 35.8 Å². The molecule has 1 aromatic rings. The first-order chi connectivity index (χ1) is 7.24. The molecule has 1 atom stereocenters. The fraction of sp³-hybridized carbons (Fsp3) is 0.417. The zero-order chi connectivity index (χ0) is 11.1. The van der Waals surface area contributed by atoms with Crippen LogP contribution >= 0.6 is 0 Å². The summed E-state index contributed by atoms with van der Waals surface area (Å²) in [5, 5.41) is 11.6. The molecule has 0 heterocycles. The summed E-state index contributed by atoms with van der Waals surface area (Å²) >= 11 is 0. The van der Waals surface area contributed by atoms with Gasteiger partial charge in [0.25, 0.3) is 0 Å². The minimum Gasteiger partial charge on any atom is -0.313 e. The van der Waals surface area contributed by atoms with Gasteiger partial charge in [0.05, 0.1) is 12.5 Å². The van der Waals surface area contributed by atoms with Crippen molar-refractivity contribution in [3.05, 3.63) is 35.6 Å². The molecule has 0 saturated heterocycles. The standard InChI is InChI=1S/C12H15FN2/c1-10(6-8-14)15-9-7-11-4-2-3-5-12(11)13/h2-5,10,15H,6-7,9H2,1H3. The van der Waals surface area contributed by atoms with Crippen molar-refractivity contribution in [2.24, 2.45) is 0 Å². The summed E-state index contributed by atoms with van der Waals surface area (Å²) in [6.07, 6.45) is 1.14. The van der Waals surface area contributed by atoms with E-state index in [2.05, 4.69) is 11.4 Å². The Morgan fingerprint density at radius 3 is 2.87 bits per heavy atom. The second-order valence-corrected chi connectivity index (χ2v) is 3.56. The lowest BCUT2D eigenvalue weighted by Gasteiger charge is -2.10. The molecule has 0 aromatic heterocycles. The molecule has 0 radical (unpaired) electrons. The van der Waals surface area contributed by atoms with Crippen molar-refractivity contribution in [2.75, 3.05) is 6.54 Å². The minimum absolute atomic E-state index is 0.160. The highest BCUT2D eigenvalue weighted by atomic mass is 19.1. The highest BCUT2D eigenvalue weighted by Crippen LogP contribution is 2.06. The SMILES string of the molecule is CC(CC#N)NCCc1ccccc1F. The van der Waals surface area contributed by atoms with Crippen LogP contribution in [0.15, 0.2) is 24.3 Å². The van der Waals surface area contributed by atoms with Gasteiger partial charge in [-0.05, 0) is 31.5 Å². The number of rotatable bonds is 5. The molecule has 2 nitrogen and oxygen atoms in total. The second-order valence-electron chi connectivity index (χ2n) is 3.56. The largest absolute Gasteiger partial charge is 0.313 e. The van der Waals surface area contributed by atoms with Crippen LogP contribution in [-0.4, -0.2) is 12.6 Å². The molecule has 0 spiro atoms. The Labute approximate surface area is 89.7 Å². The van der Waals surface area contributed by atoms with E-state index in [-0.39, 0.29) is 11.9 Å². The maximum atomic E-state index is 13.2. The summed E-state index contributed by atoms with van der Waals surface area (Å²) < 4.78 is 13.2. The predicted octanol–water partition coefficient (Wildman–Crippen LogP) is 2.26. The summed E-state index contributed by atoms with van der Waals surface area (Å²) in [5.41, 5.74) is 0.717. The molecule has 0 aliphatic rings. The maximum Gasteiger partial charge on any atom is 0.126 e. The summed E-state index contributed by atoms with van der Waals surface area (Å²) in [6.45, 7) is 2.65. The lowest BCUT2D eigenvalue weighted by atomic mass is 10.1. The fourth-order valence-electron chi connectivity index (χ4n) is 1.36. The van der Waals surface area contributed by atoms with Crippen molar-refractivity contribution in [3.63, 3.8) is 0 Å². The van der Waals surface area contributed by atoms with Crippen LogP contribution < -0.4 is 5.32 Å². The third-order valence-corrected chi connectivity index (χ3v) is 2.24. The van der Waals surface area contributed by atoms with E-state index in [1.807, 2.05) is 13.0 Å². The number of hydrogen-bond acceptors (Lipinski definition) is 2. The molecule has 0 bridgehead atoms. The zero-order valence-electron chi connectivity index (χ0n) is 8.83. The van der Waals surface area contributed by atoms with Crippen LogP contribution in [0.25, 0.3) is 0 Å². The monoisotopic (exact) mass is 206 g/mol. The number of nitriles is 1. The van der Waals surface area contributed by atoms with E-state index in [0.29, 0.717) is 24.9 Å². The molecule has 1 unspecified atom stereocenters. The Kier molecular flexibility index (Phi) is 4.79. The van der Waals surface area contributed by atoms with Crippen molar-refractivity contribution in [1.29, 1.82) is 5.26 Å². The second kappa shape index (κ2) is 6.15. The summed E-state index contributed by atoms with van der Waals surface area (Å²) in [7, 11) is 0. The lowest BCUT2D eigenvalue weighted by Crippen LogP contribution is -2.27. The van der Waals surface area contributed by atoms with Crippen molar-refractivity contribution in [1.82, 2.24) is 5.32 Å². The zero-order valence-corrected chi connectivity index (χ0v) is 8.83. The van der Waals surface area contributed by atoms with Crippen molar-refractivity contribution < 1.29 is 4.39 Å². The van der Waals surface area contributed by atoms with Gasteiger partial charge in [0.1, 0.15) is 5.82 Å². The quantitative estimate of drug-likeness (QED) is 0.802. The first-order valence-electron chi connectivity index (χ1n) is 5.07. The summed E-state index contributed by atoms with van der Waals surface area (Å²) in [4.78, 5) is 0. The van der Waals surface area contributed by atoms with Crippen LogP contribution in [-0.2, 0) is 6.42 Å². The molecule has 80 valence electrons. The highest BCUT2D eigenvalue weighted by molar-refractivity contribution is 5.17. The van der Waals surface area contributed by atoms with Crippen LogP contribution in [0.3, 0.4) is 0 Å². The lowest BCUT2D eigenvalue weighted by molar-refractivity contribution is 0.547. The van der Waals surface area contributed by atoms with Crippen LogP contribution in [0, 0.1) is 17.1 Å². The van der Waals surface area contributed by atoms with E-state index < -0.39 is 0 Å². The third-order valence-electron chi connectivity index (χ3n) is 2.24. The molecule has 1 aromatic carbocycles. The predicted molar refractivity (Wildman–Crippen MR) is 57.8 cm³/mol. The molecule has 0 aliphatic heterocycles. The summed E-state index contributed by atoms with van der Waals surface area (Å²) in [5.74, 6) is -0.160. The molecule has 0 saturated carbocycles. The Morgan fingerprint density at radius 1 is 1.47 bits per heavy atom. The van der Waals surface area contributed by atoms with Gasteiger partial charge in [-0.2, -0.15) is 5.26 Å². The molecular formula is C12H15FN2. The van der Waals surface area contributed by atoms with Gasteiger partial charge in [-0.25, -0.2) is 4.39 Å². The maximum absolute atomic E-state index is 13.2. The molecule has 1 N–H and O–H groups in total. The number of hydrogen-bond donors (Lipinski definition) is 1. The number of benzene rings is 1. The fourth-order valence-corrected chi connectivity index (χ4v) is 1.36. The molecular weight excluding hydrogens is 191 g/mol. The van der Waals surface area contributed by atoms with E-state index in [9.17, 15) is 4.39 Å². The first kappa shape index (κ1) is 11.7. The van der Waals surface area contributed by atoms with Crippen LogP contribution in [0.2, 0.25) is 0 Å². The molecule has 15 heavy (non-hydrogen) atoms. The van der Waals surface area contributed by atoms with Gasteiger partial charge in [0.2, 0.25) is 0 Å². The van der Waals surface area contributed by atoms with Crippen molar-refractivity contribution in [2.45, 2.75) is 25.8 Å². The highest BCUT2D eigenvalue weighted by Gasteiger charge is 2.02. The average Bonchev–Trinajstić information content (AvgIpc) is 2.21. The molecule has 0 aliphatic carbocycles. The Hall–Kier alpha value is -1.40. The molecule has 0 amide bonds. The van der Waals surface area contributed by atoms with Gasteiger partial charge in [-0.3, -0.25) is 0 Å². The van der Waals surface area contributed by atoms with Gasteiger partial charge in [-0.15, -0.1) is 0 Å². The normalized spacial score (nSPS) is 12.1. The van der Waals surface area contributed by atoms with Gasteiger partial charge in [0.15, 0.2) is 0 Å². The number of halogens is 1. The molecule has 0 fully saturated rings. The van der Waals surface area contributed by atoms with E-state index >= 15 is 0 Å². The average molecular weight is 206 g/mol. The van der Waals surface area contributed by atoms with E-state index in [1.54, 1.807) is 12.1 Å².